The van der Waals surface area contributed by atoms with E-state index < -0.39 is 11.6 Å². The van der Waals surface area contributed by atoms with Gasteiger partial charge in [0.1, 0.15) is 0 Å². The van der Waals surface area contributed by atoms with Gasteiger partial charge in [-0.2, -0.15) is 0 Å². The van der Waals surface area contributed by atoms with Crippen LogP contribution in [0.15, 0.2) is 23.1 Å². The normalized spacial score (nSPS) is 21.4. The molecular formula is C14H17F2NO2S. The van der Waals surface area contributed by atoms with Crippen LogP contribution in [0.3, 0.4) is 0 Å². The summed E-state index contributed by atoms with van der Waals surface area (Å²) in [5, 5.41) is 11.9. The van der Waals surface area contributed by atoms with Crippen LogP contribution in [0.1, 0.15) is 19.3 Å². The van der Waals surface area contributed by atoms with Crippen molar-refractivity contribution in [2.75, 3.05) is 12.3 Å². The standard InChI is InChI=1S/C14H17F2NO2S/c15-12-2-1-11(7-13(12)16)20-4-3-14(19)17-8-9-5-10(18)6-9/h1-2,7,9-10,18H,3-6,8H2,(H,17,19). The van der Waals surface area contributed by atoms with Crippen molar-refractivity contribution in [3.63, 3.8) is 0 Å². The van der Waals surface area contributed by atoms with Crippen molar-refractivity contribution >= 4 is 17.7 Å². The molecule has 0 radical (unpaired) electrons. The Labute approximate surface area is 120 Å². The van der Waals surface area contributed by atoms with Crippen LogP contribution < -0.4 is 5.32 Å². The highest BCUT2D eigenvalue weighted by Gasteiger charge is 2.26. The van der Waals surface area contributed by atoms with E-state index in [2.05, 4.69) is 5.32 Å². The highest BCUT2D eigenvalue weighted by molar-refractivity contribution is 7.99. The molecule has 1 aromatic rings. The maximum Gasteiger partial charge on any atom is 0.220 e. The van der Waals surface area contributed by atoms with Crippen LogP contribution in [0.25, 0.3) is 0 Å². The van der Waals surface area contributed by atoms with Crippen molar-refractivity contribution in [2.45, 2.75) is 30.3 Å². The van der Waals surface area contributed by atoms with Crippen LogP contribution in [0.4, 0.5) is 8.78 Å². The van der Waals surface area contributed by atoms with Gasteiger partial charge < -0.3 is 10.4 Å². The van der Waals surface area contributed by atoms with Gasteiger partial charge in [-0.3, -0.25) is 4.79 Å². The van der Waals surface area contributed by atoms with Crippen molar-refractivity contribution in [3.8, 4) is 0 Å². The second-order valence-corrected chi connectivity index (χ2v) is 6.14. The van der Waals surface area contributed by atoms with Gasteiger partial charge in [-0.05, 0) is 37.0 Å². The molecule has 0 saturated heterocycles. The molecule has 2 rings (SSSR count). The van der Waals surface area contributed by atoms with E-state index >= 15 is 0 Å². The summed E-state index contributed by atoms with van der Waals surface area (Å²) >= 11 is 1.32. The molecule has 3 nitrogen and oxygen atoms in total. The molecule has 0 aromatic heterocycles. The van der Waals surface area contributed by atoms with Crippen LogP contribution in [-0.2, 0) is 4.79 Å². The number of thioether (sulfide) groups is 1. The summed E-state index contributed by atoms with van der Waals surface area (Å²) in [5.74, 6) is -0.892. The van der Waals surface area contributed by atoms with E-state index in [9.17, 15) is 13.6 Å². The maximum absolute atomic E-state index is 13.0. The molecule has 0 spiro atoms. The first-order valence-corrected chi connectivity index (χ1v) is 7.56. The molecule has 6 heteroatoms. The van der Waals surface area contributed by atoms with Gasteiger partial charge in [0, 0.05) is 23.6 Å². The molecule has 0 heterocycles. The van der Waals surface area contributed by atoms with Gasteiger partial charge in [0.05, 0.1) is 6.10 Å². The molecule has 0 unspecified atom stereocenters. The lowest BCUT2D eigenvalue weighted by molar-refractivity contribution is -0.121. The first-order chi connectivity index (χ1) is 9.54. The number of rotatable bonds is 6. The van der Waals surface area contributed by atoms with Crippen LogP contribution in [0, 0.1) is 17.6 Å². The van der Waals surface area contributed by atoms with E-state index in [4.69, 9.17) is 5.11 Å². The molecule has 1 amide bonds. The van der Waals surface area contributed by atoms with Gasteiger partial charge in [-0.1, -0.05) is 0 Å². The number of carbonyl (C=O) groups is 1. The Morgan fingerprint density at radius 3 is 2.75 bits per heavy atom. The zero-order chi connectivity index (χ0) is 14.5. The molecule has 1 aliphatic carbocycles. The zero-order valence-electron chi connectivity index (χ0n) is 10.9. The number of hydrogen-bond acceptors (Lipinski definition) is 3. The lowest BCUT2D eigenvalue weighted by atomic mass is 9.82. The average Bonchev–Trinajstić information content (AvgIpc) is 2.37. The van der Waals surface area contributed by atoms with E-state index in [1.165, 1.54) is 17.8 Å². The minimum absolute atomic E-state index is 0.0542. The van der Waals surface area contributed by atoms with Crippen molar-refractivity contribution in [1.82, 2.24) is 5.32 Å². The summed E-state index contributed by atoms with van der Waals surface area (Å²) in [6, 6.07) is 3.71. The summed E-state index contributed by atoms with van der Waals surface area (Å²) < 4.78 is 25.7. The number of nitrogens with one attached hydrogen (secondary N) is 1. The number of aliphatic hydroxyl groups is 1. The van der Waals surface area contributed by atoms with Crippen molar-refractivity contribution in [3.05, 3.63) is 29.8 Å². The predicted octanol–water partition coefficient (Wildman–Crippen LogP) is 2.33. The number of benzene rings is 1. The Bertz CT molecular complexity index is 478. The SMILES string of the molecule is O=C(CCSc1ccc(F)c(F)c1)NCC1CC(O)C1. The summed E-state index contributed by atoms with van der Waals surface area (Å²) in [4.78, 5) is 12.2. The fraction of sp³-hybridized carbons (Fsp3) is 0.500. The highest BCUT2D eigenvalue weighted by Crippen LogP contribution is 2.26. The lowest BCUT2D eigenvalue weighted by Gasteiger charge is -2.31. The fourth-order valence-corrected chi connectivity index (χ4v) is 2.92. The monoisotopic (exact) mass is 301 g/mol. The molecular weight excluding hydrogens is 284 g/mol. The molecule has 110 valence electrons. The minimum Gasteiger partial charge on any atom is -0.393 e. The first kappa shape index (κ1) is 15.3. The lowest BCUT2D eigenvalue weighted by Crippen LogP contribution is -2.38. The van der Waals surface area contributed by atoms with Crippen molar-refractivity contribution in [2.24, 2.45) is 5.92 Å². The second kappa shape index (κ2) is 7.04. The van der Waals surface area contributed by atoms with Gasteiger partial charge in [0.25, 0.3) is 0 Å². The second-order valence-electron chi connectivity index (χ2n) is 4.97. The van der Waals surface area contributed by atoms with Crippen LogP contribution in [0.5, 0.6) is 0 Å². The third kappa shape index (κ3) is 4.45. The number of amides is 1. The van der Waals surface area contributed by atoms with Gasteiger partial charge in [0.2, 0.25) is 5.91 Å². The number of aliphatic hydroxyl groups excluding tert-OH is 1. The Balaban J connectivity index is 1.62. The maximum atomic E-state index is 13.0. The average molecular weight is 301 g/mol. The molecule has 1 fully saturated rings. The largest absolute Gasteiger partial charge is 0.393 e. The highest BCUT2D eigenvalue weighted by atomic mass is 32.2. The third-order valence-electron chi connectivity index (χ3n) is 3.29. The quantitative estimate of drug-likeness (QED) is 0.793. The van der Waals surface area contributed by atoms with Gasteiger partial charge in [-0.15, -0.1) is 11.8 Å². The minimum atomic E-state index is -0.872. The molecule has 20 heavy (non-hydrogen) atoms. The van der Waals surface area contributed by atoms with Crippen LogP contribution >= 0.6 is 11.8 Å². The molecule has 2 N–H and O–H groups in total. The number of hydrogen-bond donors (Lipinski definition) is 2. The Morgan fingerprint density at radius 1 is 1.35 bits per heavy atom. The predicted molar refractivity (Wildman–Crippen MR) is 73.4 cm³/mol. The molecule has 1 aromatic carbocycles. The Hall–Kier alpha value is -1.14. The summed E-state index contributed by atoms with van der Waals surface area (Å²) in [6.45, 7) is 0.603. The summed E-state index contributed by atoms with van der Waals surface area (Å²) in [7, 11) is 0. The Kier molecular flexibility index (Phi) is 5.37. The van der Waals surface area contributed by atoms with Crippen LogP contribution in [0.2, 0.25) is 0 Å². The van der Waals surface area contributed by atoms with E-state index in [0.29, 0.717) is 29.5 Å². The molecule has 0 bridgehead atoms. The summed E-state index contributed by atoms with van der Waals surface area (Å²) in [6.07, 6.45) is 1.63. The van der Waals surface area contributed by atoms with Crippen molar-refractivity contribution < 1.29 is 18.7 Å². The third-order valence-corrected chi connectivity index (χ3v) is 4.28. The smallest absolute Gasteiger partial charge is 0.220 e. The molecule has 0 aliphatic heterocycles. The number of halogens is 2. The van der Waals surface area contributed by atoms with E-state index in [-0.39, 0.29) is 12.0 Å². The first-order valence-electron chi connectivity index (χ1n) is 6.57. The zero-order valence-corrected chi connectivity index (χ0v) is 11.8. The van der Waals surface area contributed by atoms with Crippen LogP contribution in [-0.4, -0.2) is 29.4 Å². The van der Waals surface area contributed by atoms with E-state index in [1.807, 2.05) is 0 Å². The number of carbonyl (C=O) groups excluding carboxylic acids is 1. The fourth-order valence-electron chi connectivity index (χ4n) is 2.04. The topological polar surface area (TPSA) is 49.3 Å². The summed E-state index contributed by atoms with van der Waals surface area (Å²) in [5.41, 5.74) is 0. The van der Waals surface area contributed by atoms with Gasteiger partial charge in [-0.25, -0.2) is 8.78 Å². The van der Waals surface area contributed by atoms with E-state index in [1.54, 1.807) is 0 Å². The molecule has 1 aliphatic rings. The van der Waals surface area contributed by atoms with Gasteiger partial charge in [0.15, 0.2) is 11.6 Å². The van der Waals surface area contributed by atoms with E-state index in [0.717, 1.165) is 25.0 Å². The van der Waals surface area contributed by atoms with Gasteiger partial charge >= 0.3 is 0 Å². The molecule has 1 saturated carbocycles. The molecule has 0 atom stereocenters. The van der Waals surface area contributed by atoms with Crippen molar-refractivity contribution in [1.29, 1.82) is 0 Å². The Morgan fingerprint density at radius 2 is 2.10 bits per heavy atom.